The molecule has 0 aliphatic carbocycles. The highest BCUT2D eigenvalue weighted by Gasteiger charge is 2.21. The number of hydrogen-bond acceptors (Lipinski definition) is 0. The maximum Gasteiger partial charge on any atom is 0.0630 e. The SMILES string of the molecule is CCC#C[C@H](c1ccccc1)[C@@H](C#CCC)c1ccccc1. The van der Waals surface area contributed by atoms with Crippen molar-refractivity contribution >= 4 is 0 Å². The second-order valence-electron chi connectivity index (χ2n) is 5.13. The Hall–Kier alpha value is -2.44. The predicted molar refractivity (Wildman–Crippen MR) is 94.5 cm³/mol. The van der Waals surface area contributed by atoms with Crippen molar-refractivity contribution in [3.8, 4) is 23.7 Å². The smallest absolute Gasteiger partial charge is 0.0630 e. The molecule has 0 aromatic heterocycles. The minimum absolute atomic E-state index is 0.114. The molecule has 2 rings (SSSR count). The molecule has 2 aromatic carbocycles. The van der Waals surface area contributed by atoms with Crippen LogP contribution in [-0.4, -0.2) is 0 Å². The summed E-state index contributed by atoms with van der Waals surface area (Å²) in [6, 6.07) is 21.0. The first kappa shape index (κ1) is 15.9. The molecule has 110 valence electrons. The van der Waals surface area contributed by atoms with E-state index in [1.54, 1.807) is 0 Å². The van der Waals surface area contributed by atoms with E-state index >= 15 is 0 Å². The van der Waals surface area contributed by atoms with Gasteiger partial charge in [-0.05, 0) is 11.1 Å². The van der Waals surface area contributed by atoms with Gasteiger partial charge in [0, 0.05) is 12.8 Å². The Balaban J connectivity index is 2.48. The van der Waals surface area contributed by atoms with Crippen LogP contribution in [-0.2, 0) is 0 Å². The summed E-state index contributed by atoms with van der Waals surface area (Å²) in [6.45, 7) is 4.18. The molecular weight excluding hydrogens is 264 g/mol. The Bertz CT molecular complexity index is 611. The van der Waals surface area contributed by atoms with E-state index in [4.69, 9.17) is 0 Å². The molecule has 0 heteroatoms. The molecule has 2 atom stereocenters. The summed E-state index contributed by atoms with van der Waals surface area (Å²) in [7, 11) is 0. The van der Waals surface area contributed by atoms with Crippen molar-refractivity contribution in [1.29, 1.82) is 0 Å². The molecule has 0 N–H and O–H groups in total. The Morgan fingerprint density at radius 3 is 1.32 bits per heavy atom. The summed E-state index contributed by atoms with van der Waals surface area (Å²) in [5.74, 6) is 13.6. The zero-order valence-corrected chi connectivity index (χ0v) is 13.3. The highest BCUT2D eigenvalue weighted by atomic mass is 14.2. The maximum absolute atomic E-state index is 3.44. The van der Waals surface area contributed by atoms with E-state index in [-0.39, 0.29) is 11.8 Å². The summed E-state index contributed by atoms with van der Waals surface area (Å²) < 4.78 is 0. The Morgan fingerprint density at radius 1 is 0.636 bits per heavy atom. The van der Waals surface area contributed by atoms with Gasteiger partial charge in [0.15, 0.2) is 0 Å². The number of hydrogen-bond donors (Lipinski definition) is 0. The largest absolute Gasteiger partial charge is 0.103 e. The van der Waals surface area contributed by atoms with E-state index < -0.39 is 0 Å². The molecule has 2 aromatic rings. The molecule has 0 fully saturated rings. The first-order valence-electron chi connectivity index (χ1n) is 7.93. The van der Waals surface area contributed by atoms with Gasteiger partial charge in [0.05, 0.1) is 11.8 Å². The molecule has 0 aliphatic heterocycles. The van der Waals surface area contributed by atoms with Crippen molar-refractivity contribution in [3.05, 3.63) is 71.8 Å². The van der Waals surface area contributed by atoms with Crippen LogP contribution in [0.1, 0.15) is 49.7 Å². The molecule has 0 heterocycles. The molecule has 0 nitrogen and oxygen atoms in total. The Morgan fingerprint density at radius 2 is 1.00 bits per heavy atom. The highest BCUT2D eigenvalue weighted by molar-refractivity contribution is 5.40. The van der Waals surface area contributed by atoms with Crippen molar-refractivity contribution in [3.63, 3.8) is 0 Å². The van der Waals surface area contributed by atoms with Crippen LogP contribution in [0.5, 0.6) is 0 Å². The lowest BCUT2D eigenvalue weighted by Gasteiger charge is -2.19. The molecule has 0 bridgehead atoms. The molecule has 22 heavy (non-hydrogen) atoms. The van der Waals surface area contributed by atoms with Crippen LogP contribution < -0.4 is 0 Å². The molecule has 0 spiro atoms. The normalized spacial score (nSPS) is 12.3. The maximum atomic E-state index is 3.44. The van der Waals surface area contributed by atoms with Crippen LogP contribution in [0.3, 0.4) is 0 Å². The average Bonchev–Trinajstić information content (AvgIpc) is 2.59. The first-order valence-corrected chi connectivity index (χ1v) is 7.93. The zero-order chi connectivity index (χ0) is 15.6. The third kappa shape index (κ3) is 4.28. The van der Waals surface area contributed by atoms with Gasteiger partial charge < -0.3 is 0 Å². The fourth-order valence-corrected chi connectivity index (χ4v) is 2.46. The van der Waals surface area contributed by atoms with Crippen molar-refractivity contribution in [2.24, 2.45) is 0 Å². The van der Waals surface area contributed by atoms with Crippen molar-refractivity contribution in [2.45, 2.75) is 38.5 Å². The van der Waals surface area contributed by atoms with Gasteiger partial charge in [-0.25, -0.2) is 0 Å². The van der Waals surface area contributed by atoms with Crippen molar-refractivity contribution in [1.82, 2.24) is 0 Å². The van der Waals surface area contributed by atoms with Gasteiger partial charge in [-0.2, -0.15) is 0 Å². The van der Waals surface area contributed by atoms with Gasteiger partial charge in [-0.15, -0.1) is 11.8 Å². The first-order chi connectivity index (χ1) is 10.9. The van der Waals surface area contributed by atoms with Crippen LogP contribution in [0.15, 0.2) is 60.7 Å². The van der Waals surface area contributed by atoms with E-state index in [2.05, 4.69) is 86.1 Å². The fourth-order valence-electron chi connectivity index (χ4n) is 2.46. The molecule has 0 aliphatic rings. The molecular formula is C22H22. The monoisotopic (exact) mass is 286 g/mol. The third-order valence-corrected chi connectivity index (χ3v) is 3.52. The topological polar surface area (TPSA) is 0 Å². The van der Waals surface area contributed by atoms with E-state index in [1.807, 2.05) is 12.1 Å². The van der Waals surface area contributed by atoms with Crippen LogP contribution >= 0.6 is 0 Å². The quantitative estimate of drug-likeness (QED) is 0.664. The summed E-state index contributed by atoms with van der Waals surface area (Å²) in [4.78, 5) is 0. The van der Waals surface area contributed by atoms with E-state index in [1.165, 1.54) is 11.1 Å². The van der Waals surface area contributed by atoms with Crippen LogP contribution in [0.25, 0.3) is 0 Å². The van der Waals surface area contributed by atoms with Crippen molar-refractivity contribution < 1.29 is 0 Å². The minimum Gasteiger partial charge on any atom is -0.103 e. The minimum atomic E-state index is 0.114. The molecule has 0 unspecified atom stereocenters. The fraction of sp³-hybridized carbons (Fsp3) is 0.273. The lowest BCUT2D eigenvalue weighted by Crippen LogP contribution is -2.08. The number of rotatable bonds is 3. The summed E-state index contributed by atoms with van der Waals surface area (Å²) in [6.07, 6.45) is 1.73. The average molecular weight is 286 g/mol. The summed E-state index contributed by atoms with van der Waals surface area (Å²) in [5, 5.41) is 0. The Labute approximate surface area is 134 Å². The second kappa shape index (κ2) is 8.76. The van der Waals surface area contributed by atoms with Gasteiger partial charge in [0.2, 0.25) is 0 Å². The standard InChI is InChI=1S/C22H22/c1-3-5-17-21(19-13-9-7-10-14-19)22(18-6-4-2)20-15-11-8-12-16-20/h7-16,21-22H,3-4H2,1-2H3/t21-,22+. The van der Waals surface area contributed by atoms with Crippen LogP contribution in [0, 0.1) is 23.7 Å². The highest BCUT2D eigenvalue weighted by Crippen LogP contribution is 2.32. The van der Waals surface area contributed by atoms with E-state index in [9.17, 15) is 0 Å². The predicted octanol–water partition coefficient (Wildman–Crippen LogP) is 5.38. The van der Waals surface area contributed by atoms with E-state index in [0.717, 1.165) is 12.8 Å². The van der Waals surface area contributed by atoms with Crippen molar-refractivity contribution in [2.75, 3.05) is 0 Å². The molecule has 0 saturated carbocycles. The molecule has 0 amide bonds. The van der Waals surface area contributed by atoms with Crippen LogP contribution in [0.4, 0.5) is 0 Å². The number of benzene rings is 2. The Kier molecular flexibility index (Phi) is 6.35. The van der Waals surface area contributed by atoms with Gasteiger partial charge in [0.1, 0.15) is 0 Å². The zero-order valence-electron chi connectivity index (χ0n) is 13.3. The molecule has 0 radical (unpaired) electrons. The summed E-state index contributed by atoms with van der Waals surface area (Å²) in [5.41, 5.74) is 2.48. The lowest BCUT2D eigenvalue weighted by atomic mass is 9.82. The van der Waals surface area contributed by atoms with Crippen LogP contribution in [0.2, 0.25) is 0 Å². The second-order valence-corrected chi connectivity index (χ2v) is 5.13. The van der Waals surface area contributed by atoms with Gasteiger partial charge in [-0.1, -0.05) is 86.4 Å². The van der Waals surface area contributed by atoms with Gasteiger partial charge in [-0.3, -0.25) is 0 Å². The van der Waals surface area contributed by atoms with Gasteiger partial charge >= 0.3 is 0 Å². The summed E-state index contributed by atoms with van der Waals surface area (Å²) >= 11 is 0. The van der Waals surface area contributed by atoms with E-state index in [0.29, 0.717) is 0 Å². The lowest BCUT2D eigenvalue weighted by molar-refractivity contribution is 0.778. The van der Waals surface area contributed by atoms with Gasteiger partial charge in [0.25, 0.3) is 0 Å². The molecule has 0 saturated heterocycles. The third-order valence-electron chi connectivity index (χ3n) is 3.52.